The van der Waals surface area contributed by atoms with Crippen LogP contribution < -0.4 is 0 Å². The number of aliphatic hydroxyl groups is 9. The fraction of sp³-hybridized carbons (Fsp3) is 0.600. The Kier molecular flexibility index (Phi) is 19.1. The molecule has 57 heavy (non-hydrogen) atoms. The van der Waals surface area contributed by atoms with Crippen molar-refractivity contribution in [3.63, 3.8) is 0 Å². The summed E-state index contributed by atoms with van der Waals surface area (Å²) in [6.07, 6.45) is -0.982. The van der Waals surface area contributed by atoms with E-state index >= 15 is 0 Å². The second kappa shape index (κ2) is 22.7. The van der Waals surface area contributed by atoms with Gasteiger partial charge < -0.3 is 74.4 Å². The average Bonchev–Trinajstić information content (AvgIpc) is 3.18. The molecule has 3 fully saturated rings. The maximum absolute atomic E-state index is 12.9. The van der Waals surface area contributed by atoms with Gasteiger partial charge in [-0.25, -0.2) is 9.59 Å². The monoisotopic (exact) mass is 810 g/mol. The molecule has 17 heteroatoms. The lowest BCUT2D eigenvalue weighted by molar-refractivity contribution is -0.318. The molecule has 0 aromatic carbocycles. The van der Waals surface area contributed by atoms with Crippen LogP contribution in [0.15, 0.2) is 83.1 Å². The number of aliphatic hydroxyl groups excluding tert-OH is 9. The molecule has 15 atom stereocenters. The number of esters is 2. The second-order valence-electron chi connectivity index (χ2n) is 14.4. The summed E-state index contributed by atoms with van der Waals surface area (Å²) in [5.41, 5.74) is 2.12. The first-order valence-electron chi connectivity index (χ1n) is 18.6. The fourth-order valence-corrected chi connectivity index (χ4v) is 5.87. The lowest BCUT2D eigenvalue weighted by atomic mass is 9.84. The van der Waals surface area contributed by atoms with Crippen molar-refractivity contribution in [2.45, 2.75) is 121 Å². The molecule has 0 aliphatic carbocycles. The van der Waals surface area contributed by atoms with Crippen LogP contribution in [0.25, 0.3) is 0 Å². The predicted octanol–water partition coefficient (Wildman–Crippen LogP) is -0.499. The Morgan fingerprint density at radius 3 is 1.37 bits per heavy atom. The van der Waals surface area contributed by atoms with Crippen molar-refractivity contribution in [2.75, 3.05) is 19.8 Å². The van der Waals surface area contributed by atoms with E-state index in [-0.39, 0.29) is 29.6 Å². The van der Waals surface area contributed by atoms with E-state index in [1.54, 1.807) is 50.3 Å². The largest absolute Gasteiger partial charge is 0.429 e. The molecule has 9 N–H and O–H groups in total. The molecule has 3 rings (SSSR count). The second-order valence-corrected chi connectivity index (χ2v) is 14.4. The van der Waals surface area contributed by atoms with Crippen molar-refractivity contribution in [3.8, 4) is 0 Å². The van der Waals surface area contributed by atoms with Crippen LogP contribution >= 0.6 is 0 Å². The van der Waals surface area contributed by atoms with Gasteiger partial charge in [0.1, 0.15) is 54.9 Å². The summed E-state index contributed by atoms with van der Waals surface area (Å²) in [7, 11) is 0. The Morgan fingerprint density at radius 2 is 0.912 bits per heavy atom. The Balaban J connectivity index is 1.48. The summed E-state index contributed by atoms with van der Waals surface area (Å²) in [6.45, 7) is 8.89. The van der Waals surface area contributed by atoms with E-state index < -0.39 is 105 Å². The maximum Gasteiger partial charge on any atom is 0.336 e. The molecule has 0 aromatic heterocycles. The molecule has 17 nitrogen and oxygen atoms in total. The number of carbonyl (C=O) groups is 2. The van der Waals surface area contributed by atoms with Crippen LogP contribution in [0.3, 0.4) is 0 Å². The van der Waals surface area contributed by atoms with E-state index in [1.165, 1.54) is 13.0 Å². The molecule has 3 saturated heterocycles. The zero-order valence-corrected chi connectivity index (χ0v) is 32.8. The van der Waals surface area contributed by atoms with Crippen LogP contribution in [-0.4, -0.2) is 158 Å². The molecular formula is C40H58O17. The van der Waals surface area contributed by atoms with Gasteiger partial charge in [0, 0.05) is 11.1 Å². The first kappa shape index (κ1) is 48.0. The highest BCUT2D eigenvalue weighted by Crippen LogP contribution is 2.33. The quantitative estimate of drug-likeness (QED) is 0.0573. The van der Waals surface area contributed by atoms with Crippen molar-refractivity contribution in [2.24, 2.45) is 11.8 Å². The third-order valence-corrected chi connectivity index (χ3v) is 9.99. The summed E-state index contributed by atoms with van der Waals surface area (Å²) in [5.74, 6) is -2.20. The highest BCUT2D eigenvalue weighted by Gasteiger charge is 2.47. The predicted molar refractivity (Wildman–Crippen MR) is 201 cm³/mol. The number of hydrogen-bond acceptors (Lipinski definition) is 17. The van der Waals surface area contributed by atoms with Crippen LogP contribution in [0.2, 0.25) is 0 Å². The molecule has 0 bridgehead atoms. The third kappa shape index (κ3) is 13.3. The lowest BCUT2D eigenvalue weighted by Gasteiger charge is -2.43. The van der Waals surface area contributed by atoms with Crippen molar-refractivity contribution in [3.05, 3.63) is 83.1 Å². The first-order chi connectivity index (χ1) is 26.9. The van der Waals surface area contributed by atoms with Gasteiger partial charge in [-0.3, -0.25) is 0 Å². The molecule has 0 unspecified atom stereocenters. The van der Waals surface area contributed by atoms with E-state index in [2.05, 4.69) is 0 Å². The Morgan fingerprint density at radius 1 is 0.509 bits per heavy atom. The molecule has 0 saturated carbocycles. The van der Waals surface area contributed by atoms with E-state index in [1.807, 2.05) is 39.0 Å². The normalized spacial score (nSPS) is 37.6. The van der Waals surface area contributed by atoms with E-state index in [4.69, 9.17) is 28.4 Å². The molecule has 0 amide bonds. The van der Waals surface area contributed by atoms with Crippen LogP contribution in [0, 0.1) is 11.8 Å². The number of allylic oxidation sites excluding steroid dienone is 12. The molecule has 0 radical (unpaired) electrons. The zero-order valence-electron chi connectivity index (χ0n) is 32.8. The van der Waals surface area contributed by atoms with Crippen LogP contribution in [0.5, 0.6) is 0 Å². The fourth-order valence-electron chi connectivity index (χ4n) is 5.87. The number of carbonyl (C=O) groups excluding carboxylic acids is 2. The lowest BCUT2D eigenvalue weighted by Crippen LogP contribution is -2.60. The third-order valence-electron chi connectivity index (χ3n) is 9.99. The molecule has 3 aliphatic heterocycles. The molecule has 0 aromatic rings. The molecule has 0 spiro atoms. The first-order valence-corrected chi connectivity index (χ1v) is 18.6. The van der Waals surface area contributed by atoms with E-state index in [9.17, 15) is 55.5 Å². The summed E-state index contributed by atoms with van der Waals surface area (Å²) in [6, 6.07) is 0. The molecule has 3 aliphatic rings. The Labute approximate surface area is 331 Å². The van der Waals surface area contributed by atoms with Gasteiger partial charge in [0.2, 0.25) is 12.6 Å². The van der Waals surface area contributed by atoms with Crippen molar-refractivity contribution >= 4 is 11.9 Å². The van der Waals surface area contributed by atoms with Crippen molar-refractivity contribution in [1.29, 1.82) is 0 Å². The number of rotatable bonds is 15. The van der Waals surface area contributed by atoms with Crippen molar-refractivity contribution in [1.82, 2.24) is 0 Å². The van der Waals surface area contributed by atoms with Gasteiger partial charge in [-0.15, -0.1) is 0 Å². The van der Waals surface area contributed by atoms with Gasteiger partial charge in [-0.2, -0.15) is 0 Å². The molecule has 3 heterocycles. The Bertz CT molecular complexity index is 1540. The summed E-state index contributed by atoms with van der Waals surface area (Å²) in [4.78, 5) is 25.3. The minimum Gasteiger partial charge on any atom is -0.429 e. The van der Waals surface area contributed by atoms with Crippen LogP contribution in [-0.2, 0) is 38.0 Å². The van der Waals surface area contributed by atoms with Gasteiger partial charge in [0.05, 0.1) is 25.9 Å². The average molecular weight is 811 g/mol. The van der Waals surface area contributed by atoms with E-state index in [0.29, 0.717) is 0 Å². The summed E-state index contributed by atoms with van der Waals surface area (Å²) in [5, 5.41) is 89.6. The maximum atomic E-state index is 12.9. The molecule has 320 valence electrons. The number of hydrogen-bond donors (Lipinski definition) is 9. The zero-order chi connectivity index (χ0) is 42.6. The SMILES string of the molecule is CC(/C=C/C=C(\C)C(=O)O[C@@H]1O[C@H](CO[C@@H]2O[C@H](CO)[C@@H](O)[C@H](O)[C@H]2O)[C@@H](C)[C@H](C)[C@H]1O)=C\C=C\C=C(C)\C=C\C=C(/C)C(=O)O[C@@H]1O[C@H](CO)[C@@H](O)[C@H](O)[C@H]1O. The molecular weight excluding hydrogens is 752 g/mol. The standard InChI is InChI=1S/C40H58O17/c1-20(11-7-8-12-21(2)14-10-16-23(4)37(51)57-40-35(49)33(47)31(45)27(18-42)54-40)13-9-15-22(3)36(50)56-39-29(43)25(6)24(5)28(55-39)19-52-38-34(48)32(46)30(44)26(17-41)53-38/h7-16,24-35,38-49H,17-19H2,1-6H3/b8-7+,13-9+,14-10+,20-11+,21-12+,22-15+,23-16+/t24-,25-,26+,27+,28+,29+,30+,31+,32-,33-,34+,35+,38+,39-,40-/m0/s1. The van der Waals surface area contributed by atoms with Crippen molar-refractivity contribution < 1.29 is 84.0 Å². The van der Waals surface area contributed by atoms with Crippen LogP contribution in [0.1, 0.15) is 41.5 Å². The van der Waals surface area contributed by atoms with E-state index in [0.717, 1.165) is 11.1 Å². The van der Waals surface area contributed by atoms with Crippen LogP contribution in [0.4, 0.5) is 0 Å². The highest BCUT2D eigenvalue weighted by atomic mass is 16.7. The van der Waals surface area contributed by atoms with Gasteiger partial charge in [-0.05, 0) is 39.5 Å². The minimum absolute atomic E-state index is 0.172. The van der Waals surface area contributed by atoms with Gasteiger partial charge >= 0.3 is 11.9 Å². The smallest absolute Gasteiger partial charge is 0.336 e. The van der Waals surface area contributed by atoms with Gasteiger partial charge in [0.15, 0.2) is 6.29 Å². The summed E-state index contributed by atoms with van der Waals surface area (Å²) >= 11 is 0. The van der Waals surface area contributed by atoms with Gasteiger partial charge in [-0.1, -0.05) is 85.8 Å². The van der Waals surface area contributed by atoms with Gasteiger partial charge in [0.25, 0.3) is 0 Å². The summed E-state index contributed by atoms with van der Waals surface area (Å²) < 4.78 is 32.7. The topological polar surface area (TPSA) is 272 Å². The highest BCUT2D eigenvalue weighted by molar-refractivity contribution is 5.88. The Hall–Kier alpha value is -3.40. The number of ether oxygens (including phenoxy) is 6. The minimum atomic E-state index is -1.69.